The van der Waals surface area contributed by atoms with E-state index in [0.29, 0.717) is 23.6 Å². The number of amides is 1. The zero-order valence-corrected chi connectivity index (χ0v) is 16.9. The number of nitrogens with zero attached hydrogens (tertiary/aromatic N) is 3. The number of carbonyl (C=O) groups is 1. The zero-order valence-electron chi connectivity index (χ0n) is 16.9. The van der Waals surface area contributed by atoms with Crippen LogP contribution in [-0.4, -0.2) is 33.4 Å². The highest BCUT2D eigenvalue weighted by molar-refractivity contribution is 5.75. The molecule has 0 spiro atoms. The molecule has 2 aliphatic rings. The highest BCUT2D eigenvalue weighted by Gasteiger charge is 2.40. The van der Waals surface area contributed by atoms with Gasteiger partial charge in [-0.3, -0.25) is 4.90 Å². The van der Waals surface area contributed by atoms with E-state index in [1.165, 1.54) is 12.1 Å². The summed E-state index contributed by atoms with van der Waals surface area (Å²) in [5.41, 5.74) is 2.44. The van der Waals surface area contributed by atoms with Crippen LogP contribution in [0, 0.1) is 12.8 Å². The number of rotatable bonds is 4. The molecule has 0 bridgehead atoms. The number of hydrogen-bond donors (Lipinski definition) is 0. The van der Waals surface area contributed by atoms with Crippen molar-refractivity contribution in [1.82, 2.24) is 14.9 Å². The first-order valence-electron chi connectivity index (χ1n) is 9.73. The Morgan fingerprint density at radius 3 is 2.65 bits per heavy atom. The first-order valence-corrected chi connectivity index (χ1v) is 9.73. The van der Waals surface area contributed by atoms with E-state index in [4.69, 9.17) is 4.74 Å². The maximum Gasteiger partial charge on any atom is 0.573 e. The minimum atomic E-state index is -4.73. The van der Waals surface area contributed by atoms with Crippen LogP contribution in [0.5, 0.6) is 5.75 Å². The Morgan fingerprint density at radius 1 is 1.23 bits per heavy atom. The molecule has 2 unspecified atom stereocenters. The van der Waals surface area contributed by atoms with Crippen molar-refractivity contribution < 1.29 is 27.4 Å². The van der Waals surface area contributed by atoms with E-state index >= 15 is 0 Å². The van der Waals surface area contributed by atoms with E-state index in [-0.39, 0.29) is 24.3 Å². The van der Waals surface area contributed by atoms with Crippen molar-refractivity contribution in [3.05, 3.63) is 71.5 Å². The fraction of sp³-hybridized carbons (Fsp3) is 0.318. The summed E-state index contributed by atoms with van der Waals surface area (Å²) >= 11 is 0. The van der Waals surface area contributed by atoms with E-state index in [1.807, 2.05) is 13.0 Å². The number of fused-ring (bicyclic) bond motifs is 1. The van der Waals surface area contributed by atoms with Crippen LogP contribution >= 0.6 is 0 Å². The molecule has 4 rings (SSSR count). The molecule has 0 saturated carbocycles. The average Bonchev–Trinajstić information content (AvgIpc) is 2.71. The van der Waals surface area contributed by atoms with Gasteiger partial charge in [-0.25, -0.2) is 14.8 Å². The number of benzene rings is 1. The second-order valence-electron chi connectivity index (χ2n) is 7.50. The lowest BCUT2D eigenvalue weighted by Crippen LogP contribution is -2.48. The largest absolute Gasteiger partial charge is 0.573 e. The summed E-state index contributed by atoms with van der Waals surface area (Å²) in [6, 6.07) is 5.82. The van der Waals surface area contributed by atoms with Gasteiger partial charge in [0.25, 0.3) is 0 Å². The fourth-order valence-electron chi connectivity index (χ4n) is 3.94. The van der Waals surface area contributed by atoms with Crippen LogP contribution in [0.15, 0.2) is 54.6 Å². The van der Waals surface area contributed by atoms with Crippen LogP contribution in [0.4, 0.5) is 18.0 Å². The van der Waals surface area contributed by atoms with Crippen molar-refractivity contribution in [2.45, 2.75) is 39.2 Å². The molecule has 2 heterocycles. The quantitative estimate of drug-likeness (QED) is 0.681. The second kappa shape index (κ2) is 8.05. The molecule has 9 heteroatoms. The lowest BCUT2D eigenvalue weighted by molar-refractivity contribution is -0.274. The lowest BCUT2D eigenvalue weighted by atomic mass is 9.82. The summed E-state index contributed by atoms with van der Waals surface area (Å²) in [5, 5.41) is 0. The number of alkyl halides is 3. The summed E-state index contributed by atoms with van der Waals surface area (Å²) in [5.74, 6) is 0.755. The predicted octanol–water partition coefficient (Wildman–Crippen LogP) is 5.01. The molecule has 1 amide bonds. The van der Waals surface area contributed by atoms with Gasteiger partial charge in [0.1, 0.15) is 17.3 Å². The van der Waals surface area contributed by atoms with Crippen molar-refractivity contribution in [1.29, 1.82) is 0 Å². The summed E-state index contributed by atoms with van der Waals surface area (Å²) in [7, 11) is 0. The van der Waals surface area contributed by atoms with Crippen LogP contribution < -0.4 is 4.74 Å². The average molecular weight is 431 g/mol. The lowest BCUT2D eigenvalue weighted by Gasteiger charge is -2.41. The Bertz CT molecular complexity index is 1050. The molecule has 1 saturated heterocycles. The molecule has 1 aliphatic carbocycles. The Kier molecular flexibility index (Phi) is 5.43. The molecule has 2 atom stereocenters. The van der Waals surface area contributed by atoms with E-state index < -0.39 is 12.5 Å². The molecule has 2 aromatic rings. The first-order chi connectivity index (χ1) is 14.7. The molecule has 0 radical (unpaired) electrons. The Hall–Kier alpha value is -3.36. The standard InChI is InChI=1S/C22H20F3N3O3/c1-13-10-16(31-22(23,24)25)5-6-17(13)15-4-7-19-18(11-15)14(2)28(21(29)30-19)12-20-26-8-3-9-27-20/h3-10,14,18H,11-12H2,1-2H3. The van der Waals surface area contributed by atoms with Crippen molar-refractivity contribution in [2.24, 2.45) is 5.92 Å². The maximum absolute atomic E-state index is 12.5. The monoisotopic (exact) mass is 431 g/mol. The van der Waals surface area contributed by atoms with Crippen molar-refractivity contribution in [3.8, 4) is 5.75 Å². The minimum absolute atomic E-state index is 0.0908. The molecule has 0 N–H and O–H groups in total. The van der Waals surface area contributed by atoms with Gasteiger partial charge in [0, 0.05) is 24.4 Å². The van der Waals surface area contributed by atoms with Gasteiger partial charge in [-0.15, -0.1) is 13.2 Å². The van der Waals surface area contributed by atoms with Crippen LogP contribution in [-0.2, 0) is 11.3 Å². The Morgan fingerprint density at radius 2 is 1.97 bits per heavy atom. The molecule has 162 valence electrons. The summed E-state index contributed by atoms with van der Waals surface area (Å²) in [6.07, 6.45) is 2.22. The number of hydrogen-bond acceptors (Lipinski definition) is 5. The first kappa shape index (κ1) is 20.9. The van der Waals surface area contributed by atoms with Gasteiger partial charge < -0.3 is 9.47 Å². The maximum atomic E-state index is 12.5. The highest BCUT2D eigenvalue weighted by Crippen LogP contribution is 2.40. The number of aryl methyl sites for hydroxylation is 1. The third-order valence-electron chi connectivity index (χ3n) is 5.48. The molecule has 1 aliphatic heterocycles. The van der Waals surface area contributed by atoms with Gasteiger partial charge in [0.05, 0.1) is 6.54 Å². The molecular formula is C22H20F3N3O3. The van der Waals surface area contributed by atoms with Gasteiger partial charge in [-0.1, -0.05) is 12.1 Å². The van der Waals surface area contributed by atoms with E-state index in [9.17, 15) is 18.0 Å². The number of ether oxygens (including phenoxy) is 2. The van der Waals surface area contributed by atoms with E-state index in [0.717, 1.165) is 11.1 Å². The van der Waals surface area contributed by atoms with Gasteiger partial charge in [0.15, 0.2) is 0 Å². The van der Waals surface area contributed by atoms with Gasteiger partial charge in [-0.2, -0.15) is 0 Å². The Balaban J connectivity index is 1.55. The summed E-state index contributed by atoms with van der Waals surface area (Å²) in [6.45, 7) is 3.91. The molecule has 1 fully saturated rings. The molecule has 31 heavy (non-hydrogen) atoms. The van der Waals surface area contributed by atoms with Crippen LogP contribution in [0.1, 0.15) is 30.3 Å². The number of allylic oxidation sites excluding steroid dienone is 3. The summed E-state index contributed by atoms with van der Waals surface area (Å²) in [4.78, 5) is 22.4. The van der Waals surface area contributed by atoms with E-state index in [1.54, 1.807) is 42.4 Å². The van der Waals surface area contributed by atoms with Gasteiger partial charge in [0.2, 0.25) is 0 Å². The van der Waals surface area contributed by atoms with Gasteiger partial charge in [-0.05, 0) is 61.2 Å². The third kappa shape index (κ3) is 4.55. The predicted molar refractivity (Wildman–Crippen MR) is 106 cm³/mol. The minimum Gasteiger partial charge on any atom is -0.414 e. The number of carbonyl (C=O) groups excluding carboxylic acids is 1. The Labute approximate surface area is 177 Å². The molecule has 1 aromatic heterocycles. The van der Waals surface area contributed by atoms with Crippen molar-refractivity contribution in [3.63, 3.8) is 0 Å². The third-order valence-corrected chi connectivity index (χ3v) is 5.48. The van der Waals surface area contributed by atoms with E-state index in [2.05, 4.69) is 14.7 Å². The van der Waals surface area contributed by atoms with Crippen LogP contribution in [0.3, 0.4) is 0 Å². The number of aromatic nitrogens is 2. The molecule has 6 nitrogen and oxygen atoms in total. The molecular weight excluding hydrogens is 411 g/mol. The van der Waals surface area contributed by atoms with Crippen LogP contribution in [0.25, 0.3) is 5.57 Å². The topological polar surface area (TPSA) is 64.6 Å². The SMILES string of the molecule is Cc1cc(OC(F)(F)F)ccc1C1=CC=C2OC(=O)N(Cc3ncccn3)C(C)C2C1. The number of halogens is 3. The smallest absolute Gasteiger partial charge is 0.414 e. The normalized spacial score (nSPS) is 21.1. The molecule has 1 aromatic carbocycles. The van der Waals surface area contributed by atoms with Crippen molar-refractivity contribution >= 4 is 11.7 Å². The van der Waals surface area contributed by atoms with Gasteiger partial charge >= 0.3 is 12.5 Å². The second-order valence-corrected chi connectivity index (χ2v) is 7.50. The fourth-order valence-corrected chi connectivity index (χ4v) is 3.94. The highest BCUT2D eigenvalue weighted by atomic mass is 19.4. The van der Waals surface area contributed by atoms with Crippen molar-refractivity contribution in [2.75, 3.05) is 0 Å². The van der Waals surface area contributed by atoms with Crippen LogP contribution in [0.2, 0.25) is 0 Å². The summed E-state index contributed by atoms with van der Waals surface area (Å²) < 4.78 is 47.0. The zero-order chi connectivity index (χ0) is 22.2.